The summed E-state index contributed by atoms with van der Waals surface area (Å²) in [7, 11) is 0. The molecule has 2 rings (SSSR count). The second-order valence-electron chi connectivity index (χ2n) is 7.48. The molecule has 2 aromatic rings. The Hall–Kier alpha value is -2.04. The van der Waals surface area contributed by atoms with Gasteiger partial charge < -0.3 is 10.2 Å². The van der Waals surface area contributed by atoms with Gasteiger partial charge in [-0.3, -0.25) is 9.59 Å². The third-order valence-corrected chi connectivity index (χ3v) is 5.80. The first-order valence-corrected chi connectivity index (χ1v) is 11.2. The van der Waals surface area contributed by atoms with Crippen molar-refractivity contribution in [2.75, 3.05) is 0 Å². The maximum atomic E-state index is 13.2. The molecular weight excluding hydrogens is 419 g/mol. The summed E-state index contributed by atoms with van der Waals surface area (Å²) in [6.07, 6.45) is 2.29. The van der Waals surface area contributed by atoms with E-state index in [0.717, 1.165) is 17.5 Å². The lowest BCUT2D eigenvalue weighted by Gasteiger charge is -2.32. The summed E-state index contributed by atoms with van der Waals surface area (Å²) in [6, 6.07) is 14.6. The van der Waals surface area contributed by atoms with Crippen molar-refractivity contribution in [3.05, 3.63) is 69.7 Å². The minimum atomic E-state index is -0.561. The van der Waals surface area contributed by atoms with Crippen LogP contribution < -0.4 is 5.32 Å². The number of hydrogen-bond acceptors (Lipinski definition) is 2. The molecule has 162 valence electrons. The van der Waals surface area contributed by atoms with Crippen LogP contribution in [0.4, 0.5) is 0 Å². The standard InChI is InChI=1S/C24H30Cl2N2O2/c1-4-17(3)27-24(30)22(5-2)28(16-19-12-13-20(25)15-21(19)26)23(29)14-11-18-9-7-6-8-10-18/h6-10,12-13,15,17,22H,4-5,11,14,16H2,1-3H3,(H,27,30)/t17-,22+/m1/s1. The quantitative estimate of drug-likeness (QED) is 0.510. The van der Waals surface area contributed by atoms with E-state index in [4.69, 9.17) is 23.2 Å². The van der Waals surface area contributed by atoms with E-state index >= 15 is 0 Å². The fourth-order valence-electron chi connectivity index (χ4n) is 3.23. The molecule has 2 aromatic carbocycles. The van der Waals surface area contributed by atoms with Gasteiger partial charge in [-0.2, -0.15) is 0 Å². The summed E-state index contributed by atoms with van der Waals surface area (Å²) >= 11 is 12.4. The first-order valence-electron chi connectivity index (χ1n) is 10.4. The van der Waals surface area contributed by atoms with Crippen molar-refractivity contribution in [2.24, 2.45) is 0 Å². The highest BCUT2D eigenvalue weighted by atomic mass is 35.5. The molecule has 6 heteroatoms. The van der Waals surface area contributed by atoms with Crippen LogP contribution in [0.15, 0.2) is 48.5 Å². The second kappa shape index (κ2) is 12.0. The predicted octanol–water partition coefficient (Wildman–Crippen LogP) is 5.65. The minimum Gasteiger partial charge on any atom is -0.352 e. The average molecular weight is 449 g/mol. The first kappa shape index (κ1) is 24.2. The van der Waals surface area contributed by atoms with Gasteiger partial charge in [0, 0.05) is 29.1 Å². The van der Waals surface area contributed by atoms with Crippen LogP contribution in [0.5, 0.6) is 0 Å². The second-order valence-corrected chi connectivity index (χ2v) is 8.33. The molecule has 2 amide bonds. The van der Waals surface area contributed by atoms with Crippen molar-refractivity contribution in [2.45, 2.75) is 65.1 Å². The van der Waals surface area contributed by atoms with E-state index < -0.39 is 6.04 Å². The van der Waals surface area contributed by atoms with Gasteiger partial charge in [0.15, 0.2) is 0 Å². The van der Waals surface area contributed by atoms with Gasteiger partial charge in [0.1, 0.15) is 6.04 Å². The van der Waals surface area contributed by atoms with Crippen LogP contribution >= 0.6 is 23.2 Å². The Labute approximate surface area is 189 Å². The Kier molecular flexibility index (Phi) is 9.67. The Balaban J connectivity index is 2.24. The number of rotatable bonds is 10. The van der Waals surface area contributed by atoms with E-state index in [1.54, 1.807) is 23.1 Å². The largest absolute Gasteiger partial charge is 0.352 e. The van der Waals surface area contributed by atoms with Gasteiger partial charge in [-0.15, -0.1) is 0 Å². The van der Waals surface area contributed by atoms with Gasteiger partial charge in [0.25, 0.3) is 0 Å². The van der Waals surface area contributed by atoms with E-state index in [1.807, 2.05) is 51.1 Å². The van der Waals surface area contributed by atoms with Crippen molar-refractivity contribution < 1.29 is 9.59 Å². The van der Waals surface area contributed by atoms with E-state index in [1.165, 1.54) is 0 Å². The van der Waals surface area contributed by atoms with Crippen LogP contribution in [0.1, 0.15) is 51.2 Å². The summed E-state index contributed by atoms with van der Waals surface area (Å²) < 4.78 is 0. The molecule has 30 heavy (non-hydrogen) atoms. The molecule has 0 radical (unpaired) electrons. The van der Waals surface area contributed by atoms with Crippen molar-refractivity contribution in [3.8, 4) is 0 Å². The third kappa shape index (κ3) is 7.03. The number of halogens is 2. The zero-order valence-electron chi connectivity index (χ0n) is 17.8. The summed E-state index contributed by atoms with van der Waals surface area (Å²) in [4.78, 5) is 27.8. The highest BCUT2D eigenvalue weighted by Gasteiger charge is 2.29. The molecule has 2 atom stereocenters. The highest BCUT2D eigenvalue weighted by Crippen LogP contribution is 2.24. The van der Waals surface area contributed by atoms with Crippen LogP contribution in [0.25, 0.3) is 0 Å². The third-order valence-electron chi connectivity index (χ3n) is 5.21. The van der Waals surface area contributed by atoms with Gasteiger partial charge in [0.2, 0.25) is 11.8 Å². The fraction of sp³-hybridized carbons (Fsp3) is 0.417. The SMILES string of the molecule is CC[C@@H](C)NC(=O)[C@H](CC)N(Cc1ccc(Cl)cc1Cl)C(=O)CCc1ccccc1. The van der Waals surface area contributed by atoms with Crippen LogP contribution in [0, 0.1) is 0 Å². The molecule has 0 saturated carbocycles. The molecule has 4 nitrogen and oxygen atoms in total. The zero-order chi connectivity index (χ0) is 22.1. The number of nitrogens with one attached hydrogen (secondary N) is 1. The number of aryl methyl sites for hydroxylation is 1. The summed E-state index contributed by atoms with van der Waals surface area (Å²) in [5, 5.41) is 4.03. The number of hydrogen-bond donors (Lipinski definition) is 1. The maximum Gasteiger partial charge on any atom is 0.243 e. The number of carbonyl (C=O) groups is 2. The van der Waals surface area contributed by atoms with Gasteiger partial charge in [0.05, 0.1) is 0 Å². The number of benzene rings is 2. The highest BCUT2D eigenvalue weighted by molar-refractivity contribution is 6.35. The Morgan fingerprint density at radius 3 is 2.33 bits per heavy atom. The van der Waals surface area contributed by atoms with Crippen LogP contribution in [-0.2, 0) is 22.6 Å². The summed E-state index contributed by atoms with van der Waals surface area (Å²) in [6.45, 7) is 6.16. The lowest BCUT2D eigenvalue weighted by atomic mass is 10.1. The number of carbonyl (C=O) groups excluding carboxylic acids is 2. The van der Waals surface area contributed by atoms with E-state index in [2.05, 4.69) is 5.32 Å². The van der Waals surface area contributed by atoms with E-state index in [-0.39, 0.29) is 24.4 Å². The molecule has 0 aliphatic heterocycles. The van der Waals surface area contributed by atoms with Crippen LogP contribution in [-0.4, -0.2) is 28.8 Å². The molecule has 0 aliphatic rings. The molecular formula is C24H30Cl2N2O2. The number of amides is 2. The zero-order valence-corrected chi connectivity index (χ0v) is 19.3. The maximum absolute atomic E-state index is 13.2. The molecule has 0 fully saturated rings. The molecule has 1 N–H and O–H groups in total. The molecule has 0 heterocycles. The van der Waals surface area contributed by atoms with Gasteiger partial charge in [-0.05, 0) is 49.4 Å². The average Bonchev–Trinajstić information content (AvgIpc) is 2.74. The van der Waals surface area contributed by atoms with Crippen molar-refractivity contribution in [1.29, 1.82) is 0 Å². The topological polar surface area (TPSA) is 49.4 Å². The molecule has 0 saturated heterocycles. The lowest BCUT2D eigenvalue weighted by Crippen LogP contribution is -2.50. The molecule has 0 spiro atoms. The van der Waals surface area contributed by atoms with Gasteiger partial charge >= 0.3 is 0 Å². The Bertz CT molecular complexity index is 842. The van der Waals surface area contributed by atoms with Crippen molar-refractivity contribution in [3.63, 3.8) is 0 Å². The lowest BCUT2D eigenvalue weighted by molar-refractivity contribution is -0.141. The molecule has 0 unspecified atom stereocenters. The van der Waals surface area contributed by atoms with E-state index in [9.17, 15) is 9.59 Å². The molecule has 0 aromatic heterocycles. The van der Waals surface area contributed by atoms with Gasteiger partial charge in [-0.1, -0.05) is 73.4 Å². The minimum absolute atomic E-state index is 0.0481. The summed E-state index contributed by atoms with van der Waals surface area (Å²) in [5.41, 5.74) is 1.86. The van der Waals surface area contributed by atoms with Crippen LogP contribution in [0.2, 0.25) is 10.0 Å². The van der Waals surface area contributed by atoms with Crippen LogP contribution in [0.3, 0.4) is 0 Å². The number of nitrogens with zero attached hydrogens (tertiary/aromatic N) is 1. The Morgan fingerprint density at radius 1 is 1.03 bits per heavy atom. The molecule has 0 bridgehead atoms. The Morgan fingerprint density at radius 2 is 1.73 bits per heavy atom. The van der Waals surface area contributed by atoms with Crippen molar-refractivity contribution in [1.82, 2.24) is 10.2 Å². The summed E-state index contributed by atoms with van der Waals surface area (Å²) in [5.74, 6) is -0.207. The smallest absolute Gasteiger partial charge is 0.243 e. The first-order chi connectivity index (χ1) is 14.3. The molecule has 0 aliphatic carbocycles. The van der Waals surface area contributed by atoms with Crippen molar-refractivity contribution >= 4 is 35.0 Å². The predicted molar refractivity (Wildman–Crippen MR) is 124 cm³/mol. The fourth-order valence-corrected chi connectivity index (χ4v) is 3.70. The van der Waals surface area contributed by atoms with E-state index in [0.29, 0.717) is 29.3 Å². The van der Waals surface area contributed by atoms with Gasteiger partial charge in [-0.25, -0.2) is 0 Å². The normalized spacial score (nSPS) is 12.8. The monoisotopic (exact) mass is 448 g/mol.